The molecule has 0 atom stereocenters. The number of amidine groups is 1. The third-order valence-corrected chi connectivity index (χ3v) is 7.31. The van der Waals surface area contributed by atoms with Gasteiger partial charge in [0.05, 0.1) is 17.0 Å². The van der Waals surface area contributed by atoms with Crippen molar-refractivity contribution in [1.82, 2.24) is 14.7 Å². The highest BCUT2D eigenvalue weighted by Gasteiger charge is 2.27. The Morgan fingerprint density at radius 3 is 2.35 bits per heavy atom. The van der Waals surface area contributed by atoms with Crippen LogP contribution in [0.5, 0.6) is 0 Å². The third kappa shape index (κ3) is 5.55. The van der Waals surface area contributed by atoms with Crippen LogP contribution in [0.15, 0.2) is 71.6 Å². The van der Waals surface area contributed by atoms with E-state index in [4.69, 9.17) is 11.1 Å². The molecule has 34 heavy (non-hydrogen) atoms. The van der Waals surface area contributed by atoms with E-state index in [2.05, 4.69) is 4.83 Å². The Hall–Kier alpha value is -3.43. The van der Waals surface area contributed by atoms with Gasteiger partial charge in [0.1, 0.15) is 0 Å². The molecule has 1 aliphatic heterocycles. The third-order valence-electron chi connectivity index (χ3n) is 5.97. The predicted octanol–water partition coefficient (Wildman–Crippen LogP) is 2.00. The van der Waals surface area contributed by atoms with E-state index in [1.54, 1.807) is 47.4 Å². The minimum Gasteiger partial charge on any atom is -0.324 e. The summed E-state index contributed by atoms with van der Waals surface area (Å²) < 4.78 is 26.7. The van der Waals surface area contributed by atoms with Gasteiger partial charge in [0.2, 0.25) is 0 Å². The lowest BCUT2D eigenvalue weighted by molar-refractivity contribution is -0.114. The molecule has 1 heterocycles. The number of nitrogens with two attached hydrogens (primary N) is 2. The summed E-state index contributed by atoms with van der Waals surface area (Å²) in [4.78, 5) is 17.8. The molecule has 1 aliphatic rings. The van der Waals surface area contributed by atoms with Gasteiger partial charge in [-0.05, 0) is 53.4 Å². The molecule has 0 aromatic heterocycles. The van der Waals surface area contributed by atoms with E-state index in [1.165, 1.54) is 5.01 Å². The van der Waals surface area contributed by atoms with Crippen molar-refractivity contribution < 1.29 is 18.6 Å². The maximum atomic E-state index is 13.5. The number of nitrogens with one attached hydrogen (secondary N) is 1. The van der Waals surface area contributed by atoms with E-state index in [0.29, 0.717) is 24.2 Å². The Balaban J connectivity index is 1.65. The zero-order chi connectivity index (χ0) is 24.1. The maximum absolute atomic E-state index is 13.5. The molecule has 1 fully saturated rings. The van der Waals surface area contributed by atoms with Crippen LogP contribution in [-0.2, 0) is 16.6 Å². The summed E-state index contributed by atoms with van der Waals surface area (Å²) in [7, 11) is -4.02. The molecule has 5 N–H and O–H groups in total. The summed E-state index contributed by atoms with van der Waals surface area (Å²) in [5.41, 5.74) is 7.05. The van der Waals surface area contributed by atoms with Gasteiger partial charge in [0.25, 0.3) is 15.9 Å². The SMILES string of the molecule is NC(=[NH2+])c1cccc(CN(NS(=O)(=O)c2ccc3ccccc3c2)C(=O)N2CCCCCC2)c1. The number of hydrogen-bond acceptors (Lipinski definition) is 3. The lowest BCUT2D eigenvalue weighted by atomic mass is 10.1. The van der Waals surface area contributed by atoms with Gasteiger partial charge in [0, 0.05) is 13.1 Å². The molecule has 0 radical (unpaired) electrons. The maximum Gasteiger partial charge on any atom is 0.335 e. The zero-order valence-electron chi connectivity index (χ0n) is 19.0. The molecule has 8 nitrogen and oxygen atoms in total. The Kier molecular flexibility index (Phi) is 7.14. The highest BCUT2D eigenvalue weighted by Crippen LogP contribution is 2.20. The predicted molar refractivity (Wildman–Crippen MR) is 132 cm³/mol. The van der Waals surface area contributed by atoms with E-state index in [0.717, 1.165) is 36.5 Å². The molecule has 3 aromatic rings. The van der Waals surface area contributed by atoms with Gasteiger partial charge < -0.3 is 4.90 Å². The van der Waals surface area contributed by atoms with E-state index in [1.807, 2.05) is 24.3 Å². The highest BCUT2D eigenvalue weighted by molar-refractivity contribution is 7.89. The fourth-order valence-electron chi connectivity index (χ4n) is 4.14. The number of rotatable bonds is 6. The van der Waals surface area contributed by atoms with Crippen molar-refractivity contribution in [2.45, 2.75) is 37.1 Å². The van der Waals surface area contributed by atoms with Crippen LogP contribution in [0, 0.1) is 0 Å². The van der Waals surface area contributed by atoms with Crippen LogP contribution in [0.3, 0.4) is 0 Å². The second-order valence-corrected chi connectivity index (χ2v) is 10.2. The molecule has 3 aromatic carbocycles. The first-order chi connectivity index (χ1) is 16.3. The summed E-state index contributed by atoms with van der Waals surface area (Å²) in [6.07, 6.45) is 3.90. The van der Waals surface area contributed by atoms with Crippen molar-refractivity contribution in [3.05, 3.63) is 77.9 Å². The molecular formula is C25H30N5O3S+. The molecule has 0 spiro atoms. The summed E-state index contributed by atoms with van der Waals surface area (Å²) in [6.45, 7) is 1.22. The number of nitrogens with zero attached hydrogens (tertiary/aromatic N) is 2. The van der Waals surface area contributed by atoms with E-state index in [-0.39, 0.29) is 23.3 Å². The van der Waals surface area contributed by atoms with Gasteiger partial charge in [-0.3, -0.25) is 11.1 Å². The molecule has 1 saturated heterocycles. The minimum atomic E-state index is -4.02. The van der Waals surface area contributed by atoms with E-state index in [9.17, 15) is 13.2 Å². The average Bonchev–Trinajstić information content (AvgIpc) is 3.12. The number of carbonyl (C=O) groups excluding carboxylic acids is 1. The Bertz CT molecular complexity index is 1300. The van der Waals surface area contributed by atoms with Gasteiger partial charge in [-0.15, -0.1) is 4.83 Å². The largest absolute Gasteiger partial charge is 0.335 e. The Morgan fingerprint density at radius 1 is 0.941 bits per heavy atom. The minimum absolute atomic E-state index is 0.0310. The second kappa shape index (κ2) is 10.2. The van der Waals surface area contributed by atoms with Gasteiger partial charge in [-0.25, -0.2) is 18.2 Å². The summed E-state index contributed by atoms with van der Waals surface area (Å²) in [5.74, 6) is 0.156. The quantitative estimate of drug-likeness (QED) is 0.284. The lowest BCUT2D eigenvalue weighted by Crippen LogP contribution is -2.51. The van der Waals surface area contributed by atoms with Crippen molar-refractivity contribution in [3.8, 4) is 0 Å². The normalized spacial score (nSPS) is 14.5. The molecule has 9 heteroatoms. The summed E-state index contributed by atoms with van der Waals surface area (Å²) in [6, 6.07) is 19.2. The fourth-order valence-corrected chi connectivity index (χ4v) is 5.20. The number of hydrogen-bond donors (Lipinski definition) is 3. The summed E-state index contributed by atoms with van der Waals surface area (Å²) in [5, 5.41) is 8.63. The second-order valence-electron chi connectivity index (χ2n) is 8.53. The van der Waals surface area contributed by atoms with Crippen molar-refractivity contribution in [2.24, 2.45) is 5.73 Å². The highest BCUT2D eigenvalue weighted by atomic mass is 32.2. The van der Waals surface area contributed by atoms with Crippen LogP contribution in [0.25, 0.3) is 10.8 Å². The van der Waals surface area contributed by atoms with Crippen LogP contribution in [0.4, 0.5) is 4.79 Å². The summed E-state index contributed by atoms with van der Waals surface area (Å²) >= 11 is 0. The number of amides is 2. The molecule has 4 rings (SSSR count). The van der Waals surface area contributed by atoms with Crippen molar-refractivity contribution in [1.29, 1.82) is 0 Å². The van der Waals surface area contributed by atoms with Crippen LogP contribution < -0.4 is 16.0 Å². The Morgan fingerprint density at radius 2 is 1.65 bits per heavy atom. The topological polar surface area (TPSA) is 121 Å². The van der Waals surface area contributed by atoms with Crippen molar-refractivity contribution in [3.63, 3.8) is 0 Å². The number of carbonyl (C=O) groups is 1. The van der Waals surface area contributed by atoms with Crippen LogP contribution in [0.1, 0.15) is 36.8 Å². The molecule has 0 unspecified atom stereocenters. The van der Waals surface area contributed by atoms with Crippen molar-refractivity contribution >= 4 is 32.7 Å². The standard InChI is InChI=1S/C25H29N5O3S/c26-24(27)22-11-7-8-19(16-22)18-30(25(31)29-14-5-1-2-6-15-29)28-34(32,33)23-13-12-20-9-3-4-10-21(20)17-23/h3-4,7-13,16-17,28H,1-2,5-6,14-15,18H2,(H3,26,27)/p+1. The zero-order valence-corrected chi connectivity index (χ0v) is 19.8. The number of urea groups is 1. The number of likely N-dealkylation sites (tertiary alicyclic amines) is 1. The van der Waals surface area contributed by atoms with Crippen LogP contribution in [0.2, 0.25) is 0 Å². The van der Waals surface area contributed by atoms with E-state index >= 15 is 0 Å². The van der Waals surface area contributed by atoms with E-state index < -0.39 is 10.0 Å². The number of hydrazine groups is 1. The Labute approximate surface area is 199 Å². The molecule has 0 saturated carbocycles. The van der Waals surface area contributed by atoms with Crippen molar-refractivity contribution in [2.75, 3.05) is 13.1 Å². The van der Waals surface area contributed by atoms with Crippen LogP contribution in [-0.4, -0.2) is 43.3 Å². The molecule has 0 aliphatic carbocycles. The monoisotopic (exact) mass is 480 g/mol. The molecule has 178 valence electrons. The molecular weight excluding hydrogens is 450 g/mol. The average molecular weight is 481 g/mol. The van der Waals surface area contributed by atoms with Gasteiger partial charge in [-0.1, -0.05) is 55.3 Å². The first-order valence-electron chi connectivity index (χ1n) is 11.4. The van der Waals surface area contributed by atoms with Gasteiger partial charge in [0.15, 0.2) is 0 Å². The number of benzene rings is 3. The number of sulfonamides is 1. The first kappa shape index (κ1) is 23.7. The van der Waals surface area contributed by atoms with Crippen LogP contribution >= 0.6 is 0 Å². The van der Waals surface area contributed by atoms with Gasteiger partial charge >= 0.3 is 6.03 Å². The number of fused-ring (bicyclic) bond motifs is 1. The molecule has 2 amide bonds. The first-order valence-corrected chi connectivity index (χ1v) is 12.9. The molecule has 0 bridgehead atoms. The smallest absolute Gasteiger partial charge is 0.324 e. The lowest BCUT2D eigenvalue weighted by Gasteiger charge is -2.30. The van der Waals surface area contributed by atoms with Gasteiger partial charge in [-0.2, -0.15) is 0 Å². The fraction of sp³-hybridized carbons (Fsp3) is 0.280.